The van der Waals surface area contributed by atoms with Gasteiger partial charge in [-0.2, -0.15) is 0 Å². The first-order valence-electron chi connectivity index (χ1n) is 12.6. The lowest BCUT2D eigenvalue weighted by Crippen LogP contribution is -2.37. The third-order valence-corrected chi connectivity index (χ3v) is 6.13. The molecule has 0 saturated heterocycles. The van der Waals surface area contributed by atoms with Crippen LogP contribution in [0.1, 0.15) is 34.3 Å². The second-order valence-corrected chi connectivity index (χ2v) is 9.19. The van der Waals surface area contributed by atoms with E-state index >= 15 is 0 Å². The molecule has 1 aromatic heterocycles. The van der Waals surface area contributed by atoms with Crippen LogP contribution in [0.2, 0.25) is 0 Å². The third-order valence-electron chi connectivity index (χ3n) is 6.13. The molecule has 0 radical (unpaired) electrons. The Balaban J connectivity index is 1.31. The number of ether oxygens (including phenoxy) is 1. The molecular formula is C31H28F2N2O5. The first-order valence-corrected chi connectivity index (χ1v) is 12.6. The normalized spacial score (nSPS) is 12.2. The van der Waals surface area contributed by atoms with Gasteiger partial charge in [-0.15, -0.1) is 0 Å². The number of hydrogen-bond donors (Lipinski definition) is 2. The van der Waals surface area contributed by atoms with Gasteiger partial charge in [0.25, 0.3) is 0 Å². The molecule has 2 N–H and O–H groups in total. The van der Waals surface area contributed by atoms with Gasteiger partial charge in [0.05, 0.1) is 17.9 Å². The highest BCUT2D eigenvalue weighted by Crippen LogP contribution is 2.22. The number of aryl methyl sites for hydroxylation is 1. The summed E-state index contributed by atoms with van der Waals surface area (Å²) >= 11 is 0. The maximum atomic E-state index is 13.9. The molecule has 4 aromatic rings. The number of halogens is 2. The number of carboxylic acids is 1. The number of aromatic nitrogens is 1. The Bertz CT molecular complexity index is 1510. The van der Waals surface area contributed by atoms with Crippen LogP contribution in [-0.4, -0.2) is 34.5 Å². The number of allylic oxidation sites excluding steroid dienone is 2. The summed E-state index contributed by atoms with van der Waals surface area (Å²) in [4.78, 5) is 28.8. The monoisotopic (exact) mass is 546 g/mol. The van der Waals surface area contributed by atoms with E-state index in [4.69, 9.17) is 9.15 Å². The average Bonchev–Trinajstić information content (AvgIpc) is 3.29. The molecule has 1 heterocycles. The van der Waals surface area contributed by atoms with Crippen LogP contribution >= 0.6 is 0 Å². The Labute approximate surface area is 230 Å². The lowest BCUT2D eigenvalue weighted by molar-refractivity contribution is -0.139. The molecule has 206 valence electrons. The van der Waals surface area contributed by atoms with Crippen LogP contribution in [0.5, 0.6) is 5.75 Å². The van der Waals surface area contributed by atoms with E-state index in [2.05, 4.69) is 10.3 Å². The molecule has 0 spiro atoms. The smallest absolute Gasteiger partial charge is 0.326 e. The molecule has 0 amide bonds. The average molecular weight is 547 g/mol. The van der Waals surface area contributed by atoms with Gasteiger partial charge in [-0.25, -0.2) is 18.6 Å². The minimum absolute atomic E-state index is 0.125. The topological polar surface area (TPSA) is 102 Å². The maximum Gasteiger partial charge on any atom is 0.326 e. The molecular weight excluding hydrogens is 518 g/mol. The van der Waals surface area contributed by atoms with E-state index in [1.54, 1.807) is 24.3 Å². The summed E-state index contributed by atoms with van der Waals surface area (Å²) in [5.74, 6) is -1.68. The molecule has 1 atom stereocenters. The highest BCUT2D eigenvalue weighted by Gasteiger charge is 2.19. The summed E-state index contributed by atoms with van der Waals surface area (Å²) in [6.07, 6.45) is 1.77. The Morgan fingerprint density at radius 2 is 1.80 bits per heavy atom. The first-order chi connectivity index (χ1) is 19.2. The van der Waals surface area contributed by atoms with Crippen LogP contribution in [0.15, 0.2) is 89.0 Å². The minimum atomic E-state index is -1.12. The minimum Gasteiger partial charge on any atom is -0.493 e. The van der Waals surface area contributed by atoms with E-state index in [9.17, 15) is 23.5 Å². The summed E-state index contributed by atoms with van der Waals surface area (Å²) in [7, 11) is 0. The predicted octanol–water partition coefficient (Wildman–Crippen LogP) is 5.92. The van der Waals surface area contributed by atoms with Crippen molar-refractivity contribution in [2.24, 2.45) is 0 Å². The van der Waals surface area contributed by atoms with Crippen molar-refractivity contribution in [3.8, 4) is 17.2 Å². The van der Waals surface area contributed by atoms with Crippen LogP contribution in [0.25, 0.3) is 11.5 Å². The van der Waals surface area contributed by atoms with Crippen molar-refractivity contribution < 1.29 is 32.6 Å². The maximum absolute atomic E-state index is 13.9. The van der Waals surface area contributed by atoms with Gasteiger partial charge in [0, 0.05) is 36.2 Å². The molecule has 4 rings (SSSR count). The Morgan fingerprint density at radius 1 is 1.07 bits per heavy atom. The SMILES string of the molecule is C/C(=C/C(=O)c1ccc(F)cc1F)N[C@@H](Cc1ccc(OCCc2nc(-c3ccccc3)oc2C)cc1)C(=O)O. The van der Waals surface area contributed by atoms with E-state index in [1.165, 1.54) is 6.92 Å². The fourth-order valence-electron chi connectivity index (χ4n) is 4.07. The number of carboxylic acid groups (broad SMARTS) is 1. The number of aliphatic carboxylic acids is 1. The van der Waals surface area contributed by atoms with Crippen molar-refractivity contribution in [2.45, 2.75) is 32.7 Å². The van der Waals surface area contributed by atoms with E-state index in [-0.39, 0.29) is 17.7 Å². The number of nitrogens with one attached hydrogen (secondary N) is 1. The molecule has 7 nitrogen and oxygen atoms in total. The van der Waals surface area contributed by atoms with Gasteiger partial charge in [-0.05, 0) is 55.8 Å². The summed E-state index contributed by atoms with van der Waals surface area (Å²) in [5, 5.41) is 12.5. The molecule has 0 bridgehead atoms. The molecule has 0 aliphatic carbocycles. The van der Waals surface area contributed by atoms with Gasteiger partial charge in [-0.1, -0.05) is 30.3 Å². The molecule has 3 aromatic carbocycles. The van der Waals surface area contributed by atoms with Gasteiger partial charge >= 0.3 is 5.97 Å². The van der Waals surface area contributed by atoms with Crippen LogP contribution in [0.4, 0.5) is 8.78 Å². The second kappa shape index (κ2) is 12.8. The van der Waals surface area contributed by atoms with Crippen molar-refractivity contribution in [3.63, 3.8) is 0 Å². The fourth-order valence-corrected chi connectivity index (χ4v) is 4.07. The van der Waals surface area contributed by atoms with Crippen LogP contribution in [0, 0.1) is 18.6 Å². The van der Waals surface area contributed by atoms with Crippen LogP contribution < -0.4 is 10.1 Å². The summed E-state index contributed by atoms with van der Waals surface area (Å²) < 4.78 is 38.6. The summed E-state index contributed by atoms with van der Waals surface area (Å²) in [6.45, 7) is 3.75. The third kappa shape index (κ3) is 7.41. The van der Waals surface area contributed by atoms with Crippen molar-refractivity contribution in [2.75, 3.05) is 6.61 Å². The zero-order chi connectivity index (χ0) is 28.6. The molecule has 0 saturated carbocycles. The van der Waals surface area contributed by atoms with E-state index in [0.29, 0.717) is 30.7 Å². The molecule has 40 heavy (non-hydrogen) atoms. The molecule has 0 unspecified atom stereocenters. The van der Waals surface area contributed by atoms with Crippen molar-refractivity contribution >= 4 is 11.8 Å². The Kier molecular flexibility index (Phi) is 9.06. The summed E-state index contributed by atoms with van der Waals surface area (Å²) in [5.41, 5.74) is 2.38. The number of ketones is 1. The van der Waals surface area contributed by atoms with E-state index in [0.717, 1.165) is 40.8 Å². The van der Waals surface area contributed by atoms with Crippen LogP contribution in [-0.2, 0) is 17.6 Å². The van der Waals surface area contributed by atoms with Crippen molar-refractivity contribution in [1.82, 2.24) is 10.3 Å². The van der Waals surface area contributed by atoms with Gasteiger partial charge in [0.1, 0.15) is 29.2 Å². The molecule has 0 aliphatic heterocycles. The highest BCUT2D eigenvalue weighted by molar-refractivity contribution is 6.05. The predicted molar refractivity (Wildman–Crippen MR) is 145 cm³/mol. The largest absolute Gasteiger partial charge is 0.493 e. The number of benzene rings is 3. The summed E-state index contributed by atoms with van der Waals surface area (Å²) in [6, 6.07) is 18.3. The number of carbonyl (C=O) groups excluding carboxylic acids is 1. The quantitative estimate of drug-likeness (QED) is 0.168. The fraction of sp³-hybridized carbons (Fsp3) is 0.194. The lowest BCUT2D eigenvalue weighted by atomic mass is 10.0. The first kappa shape index (κ1) is 28.2. The number of carbonyl (C=O) groups is 2. The zero-order valence-corrected chi connectivity index (χ0v) is 22.0. The lowest BCUT2D eigenvalue weighted by Gasteiger charge is -2.16. The zero-order valence-electron chi connectivity index (χ0n) is 22.0. The van der Waals surface area contributed by atoms with Crippen molar-refractivity contribution in [1.29, 1.82) is 0 Å². The van der Waals surface area contributed by atoms with Crippen LogP contribution in [0.3, 0.4) is 0 Å². The standard InChI is InChI=1S/C31H28F2N2O5/c1-19(16-29(36)25-13-10-23(32)18-26(25)33)34-28(31(37)38)17-21-8-11-24(12-9-21)39-15-14-27-20(2)40-30(35-27)22-6-4-3-5-7-22/h3-13,16,18,28,34H,14-15,17H2,1-2H3,(H,37,38)/b19-16-/t28-/m0/s1. The number of hydrogen-bond acceptors (Lipinski definition) is 6. The molecule has 0 aliphatic rings. The Morgan fingerprint density at radius 3 is 2.48 bits per heavy atom. The number of nitrogens with zero attached hydrogens (tertiary/aromatic N) is 1. The van der Waals surface area contributed by atoms with Crippen molar-refractivity contribution in [3.05, 3.63) is 119 Å². The highest BCUT2D eigenvalue weighted by atomic mass is 19.1. The van der Waals surface area contributed by atoms with E-state index < -0.39 is 29.4 Å². The number of oxazole rings is 1. The number of rotatable bonds is 12. The molecule has 0 fully saturated rings. The van der Waals surface area contributed by atoms with Gasteiger partial charge < -0.3 is 19.6 Å². The van der Waals surface area contributed by atoms with Gasteiger partial charge in [0.2, 0.25) is 5.89 Å². The molecule has 9 heteroatoms. The van der Waals surface area contributed by atoms with Gasteiger partial charge in [0.15, 0.2) is 5.78 Å². The Hall–Kier alpha value is -4.79. The second-order valence-electron chi connectivity index (χ2n) is 9.19. The van der Waals surface area contributed by atoms with Gasteiger partial charge in [-0.3, -0.25) is 4.79 Å². The van der Waals surface area contributed by atoms with E-state index in [1.807, 2.05) is 37.3 Å².